The first-order chi connectivity index (χ1) is 22.9. The van der Waals surface area contributed by atoms with E-state index in [1.165, 1.54) is 39.5 Å². The van der Waals surface area contributed by atoms with Gasteiger partial charge in [0.05, 0.1) is 26.3 Å². The fraction of sp³-hybridized carbons (Fsp3) is 0.344. The van der Waals surface area contributed by atoms with Crippen molar-refractivity contribution in [2.45, 2.75) is 31.8 Å². The number of piperidine rings is 1. The first kappa shape index (κ1) is 34.3. The van der Waals surface area contributed by atoms with E-state index in [4.69, 9.17) is 9.47 Å². The molecule has 0 bridgehead atoms. The molecule has 256 valence electrons. The maximum absolute atomic E-state index is 15.5. The van der Waals surface area contributed by atoms with Crippen molar-refractivity contribution in [2.24, 2.45) is 7.05 Å². The van der Waals surface area contributed by atoms with Crippen molar-refractivity contribution in [3.05, 3.63) is 81.8 Å². The van der Waals surface area contributed by atoms with Crippen molar-refractivity contribution in [3.8, 4) is 34.3 Å². The Labute approximate surface area is 270 Å². The molecule has 10 nitrogen and oxygen atoms in total. The molecule has 1 amide bonds. The van der Waals surface area contributed by atoms with E-state index in [1.807, 2.05) is 0 Å². The second kappa shape index (κ2) is 14.4. The van der Waals surface area contributed by atoms with Gasteiger partial charge in [0, 0.05) is 48.5 Å². The Morgan fingerprint density at radius 1 is 0.938 bits per heavy atom. The highest BCUT2D eigenvalue weighted by Gasteiger charge is 2.30. The smallest absolute Gasteiger partial charge is 0.387 e. The molecule has 1 aliphatic heterocycles. The van der Waals surface area contributed by atoms with Gasteiger partial charge in [-0.05, 0) is 50.2 Å². The van der Waals surface area contributed by atoms with Gasteiger partial charge in [0.2, 0.25) is 0 Å². The van der Waals surface area contributed by atoms with Crippen LogP contribution in [0.3, 0.4) is 0 Å². The lowest BCUT2D eigenvalue weighted by Crippen LogP contribution is -2.36. The van der Waals surface area contributed by atoms with Crippen molar-refractivity contribution in [1.82, 2.24) is 19.2 Å². The van der Waals surface area contributed by atoms with E-state index in [9.17, 15) is 27.2 Å². The summed E-state index contributed by atoms with van der Waals surface area (Å²) in [7, 11) is 3.96. The second-order valence-corrected chi connectivity index (χ2v) is 10.9. The van der Waals surface area contributed by atoms with Crippen LogP contribution >= 0.6 is 0 Å². The van der Waals surface area contributed by atoms with E-state index in [1.54, 1.807) is 11.0 Å². The molecular weight excluding hydrogens is 648 g/mol. The van der Waals surface area contributed by atoms with Crippen molar-refractivity contribution >= 4 is 11.6 Å². The Hall–Kier alpha value is -4.99. The fourth-order valence-corrected chi connectivity index (χ4v) is 5.68. The number of nitrogens with one attached hydrogen (secondary N) is 1. The molecule has 3 heterocycles. The molecule has 2 aromatic carbocycles. The quantitative estimate of drug-likeness (QED) is 0.199. The number of halogens is 6. The summed E-state index contributed by atoms with van der Waals surface area (Å²) < 4.78 is 98.9. The van der Waals surface area contributed by atoms with E-state index in [-0.39, 0.29) is 41.0 Å². The summed E-state index contributed by atoms with van der Waals surface area (Å²) in [5.74, 6) is -3.30. The molecular formula is C32H31F6N5O5. The van der Waals surface area contributed by atoms with Crippen molar-refractivity contribution in [2.75, 3.05) is 39.2 Å². The van der Waals surface area contributed by atoms with Gasteiger partial charge in [0.15, 0.2) is 5.82 Å². The predicted molar refractivity (Wildman–Crippen MR) is 163 cm³/mol. The second-order valence-electron chi connectivity index (χ2n) is 10.9. The van der Waals surface area contributed by atoms with Gasteiger partial charge >= 0.3 is 6.61 Å². The van der Waals surface area contributed by atoms with Crippen LogP contribution in [0.1, 0.15) is 34.8 Å². The number of amides is 1. The summed E-state index contributed by atoms with van der Waals surface area (Å²) in [5.41, 5.74) is -1.99. The topological polar surface area (TPSA) is 99.9 Å². The van der Waals surface area contributed by atoms with Gasteiger partial charge in [-0.2, -0.15) is 13.5 Å². The predicted octanol–water partition coefficient (Wildman–Crippen LogP) is 5.83. The molecule has 48 heavy (non-hydrogen) atoms. The number of hydrogen-bond acceptors (Lipinski definition) is 7. The number of aromatic nitrogens is 3. The SMILES string of the molecule is COc1cc(C2CCN(CC(F)F)CC2)nc(-n2c(=O)c(NC(=O)c3ccc(OC(F)F)cc3)c(-c3c(F)cc(OC)cc3F)n2C)c1. The molecule has 2 aromatic heterocycles. The number of carbonyl (C=O) groups is 1. The summed E-state index contributed by atoms with van der Waals surface area (Å²) in [6.45, 7) is -2.63. The van der Waals surface area contributed by atoms with Crippen LogP contribution in [-0.4, -0.2) is 72.0 Å². The lowest BCUT2D eigenvalue weighted by molar-refractivity contribution is -0.0498. The Kier molecular flexibility index (Phi) is 10.3. The number of methoxy groups -OCH3 is 2. The Balaban J connectivity index is 1.61. The number of carbonyl (C=O) groups excluding carboxylic acids is 1. The van der Waals surface area contributed by atoms with Crippen LogP contribution in [0.4, 0.5) is 32.0 Å². The van der Waals surface area contributed by atoms with Crippen LogP contribution in [0.2, 0.25) is 0 Å². The summed E-state index contributed by atoms with van der Waals surface area (Å²) in [6.07, 6.45) is -1.45. The number of benzene rings is 2. The fourth-order valence-electron chi connectivity index (χ4n) is 5.68. The summed E-state index contributed by atoms with van der Waals surface area (Å²) in [6, 6.07) is 9.50. The highest BCUT2D eigenvalue weighted by atomic mass is 19.3. The molecule has 0 radical (unpaired) electrons. The van der Waals surface area contributed by atoms with Crippen molar-refractivity contribution in [3.63, 3.8) is 0 Å². The Bertz CT molecular complexity index is 1820. The maximum Gasteiger partial charge on any atom is 0.387 e. The largest absolute Gasteiger partial charge is 0.497 e. The molecule has 1 aliphatic rings. The average molecular weight is 680 g/mol. The molecule has 0 unspecified atom stereocenters. The minimum absolute atomic E-state index is 0.00330. The molecule has 16 heteroatoms. The highest BCUT2D eigenvalue weighted by molar-refractivity contribution is 6.06. The number of hydrogen-bond donors (Lipinski definition) is 1. The van der Waals surface area contributed by atoms with Crippen LogP contribution in [0, 0.1) is 11.6 Å². The number of nitrogens with zero attached hydrogens (tertiary/aromatic N) is 4. The van der Waals surface area contributed by atoms with Gasteiger partial charge in [0.1, 0.15) is 40.3 Å². The Morgan fingerprint density at radius 2 is 1.54 bits per heavy atom. The van der Waals surface area contributed by atoms with Crippen LogP contribution in [0.5, 0.6) is 17.2 Å². The van der Waals surface area contributed by atoms with Crippen LogP contribution in [0.15, 0.2) is 53.3 Å². The van der Waals surface area contributed by atoms with Gasteiger partial charge in [-0.3, -0.25) is 19.2 Å². The standard InChI is InChI=1S/C32H31F6N5O5/c1-41-29(27-22(33)12-20(46-2)13-23(27)34)28(40-30(44)18-4-6-19(7-5-18)48-32(37)38)31(45)43(41)26-15-21(47-3)14-24(39-26)17-8-10-42(11-9-17)16-25(35)36/h4-7,12-15,17,25,32H,8-11,16H2,1-3H3,(H,40,44). The van der Waals surface area contributed by atoms with E-state index >= 15 is 8.78 Å². The van der Waals surface area contributed by atoms with Crippen LogP contribution in [0.25, 0.3) is 17.1 Å². The van der Waals surface area contributed by atoms with Gasteiger partial charge in [-0.1, -0.05) is 0 Å². The number of rotatable bonds is 11. The third-order valence-electron chi connectivity index (χ3n) is 7.99. The molecule has 0 spiro atoms. The molecule has 4 aromatic rings. The van der Waals surface area contributed by atoms with E-state index in [0.717, 1.165) is 33.6 Å². The molecule has 1 saturated heterocycles. The van der Waals surface area contributed by atoms with E-state index < -0.39 is 47.4 Å². The van der Waals surface area contributed by atoms with Gasteiger partial charge in [0.25, 0.3) is 17.9 Å². The lowest BCUT2D eigenvalue weighted by atomic mass is 9.93. The maximum atomic E-state index is 15.5. The van der Waals surface area contributed by atoms with Crippen LogP contribution in [-0.2, 0) is 7.05 Å². The Morgan fingerprint density at radius 3 is 2.10 bits per heavy atom. The third-order valence-corrected chi connectivity index (χ3v) is 7.99. The molecule has 0 saturated carbocycles. The minimum Gasteiger partial charge on any atom is -0.497 e. The highest BCUT2D eigenvalue weighted by Crippen LogP contribution is 2.35. The number of anilines is 1. The van der Waals surface area contributed by atoms with Crippen molar-refractivity contribution < 1.29 is 45.3 Å². The first-order valence-electron chi connectivity index (χ1n) is 14.7. The zero-order valence-corrected chi connectivity index (χ0v) is 26.0. The molecule has 5 rings (SSSR count). The summed E-state index contributed by atoms with van der Waals surface area (Å²) >= 11 is 0. The molecule has 1 fully saturated rings. The number of ether oxygens (including phenoxy) is 3. The first-order valence-corrected chi connectivity index (χ1v) is 14.7. The number of likely N-dealkylation sites (tertiary alicyclic amines) is 1. The molecule has 1 N–H and O–H groups in total. The molecule has 0 aliphatic carbocycles. The summed E-state index contributed by atoms with van der Waals surface area (Å²) in [4.78, 5) is 33.7. The third kappa shape index (κ3) is 7.27. The minimum atomic E-state index is -3.09. The van der Waals surface area contributed by atoms with E-state index in [2.05, 4.69) is 15.0 Å². The number of pyridine rings is 1. The molecule has 0 atom stereocenters. The summed E-state index contributed by atoms with van der Waals surface area (Å²) in [5, 5.41) is 2.42. The normalized spacial score (nSPS) is 14.1. The van der Waals surface area contributed by atoms with Gasteiger partial charge < -0.3 is 19.5 Å². The average Bonchev–Trinajstić information content (AvgIpc) is 3.28. The lowest BCUT2D eigenvalue weighted by Gasteiger charge is -2.31. The van der Waals surface area contributed by atoms with Gasteiger partial charge in [-0.25, -0.2) is 22.5 Å². The van der Waals surface area contributed by atoms with E-state index in [0.29, 0.717) is 37.4 Å². The monoisotopic (exact) mass is 679 g/mol. The van der Waals surface area contributed by atoms with Crippen LogP contribution < -0.4 is 25.1 Å². The number of alkyl halides is 4. The van der Waals surface area contributed by atoms with Gasteiger partial charge in [-0.15, -0.1) is 0 Å². The zero-order chi connectivity index (χ0) is 34.7. The van der Waals surface area contributed by atoms with Crippen molar-refractivity contribution in [1.29, 1.82) is 0 Å². The zero-order valence-electron chi connectivity index (χ0n) is 26.0.